The lowest BCUT2D eigenvalue weighted by atomic mass is 9.87. The van der Waals surface area contributed by atoms with E-state index in [1.54, 1.807) is 0 Å². The highest BCUT2D eigenvalue weighted by Crippen LogP contribution is 2.41. The van der Waals surface area contributed by atoms with Gasteiger partial charge in [0.15, 0.2) is 0 Å². The molecular formula is C13H18N2. The molecule has 0 radical (unpaired) electrons. The van der Waals surface area contributed by atoms with Crippen LogP contribution in [0.15, 0.2) is 30.3 Å². The smallest absolute Gasteiger partial charge is 0.0145 e. The predicted octanol–water partition coefficient (Wildman–Crippen LogP) is 1.62. The van der Waals surface area contributed by atoms with Crippen molar-refractivity contribution in [3.63, 3.8) is 0 Å². The van der Waals surface area contributed by atoms with E-state index in [2.05, 4.69) is 35.6 Å². The van der Waals surface area contributed by atoms with Gasteiger partial charge in [-0.2, -0.15) is 0 Å². The molecule has 0 heterocycles. The van der Waals surface area contributed by atoms with Gasteiger partial charge in [-0.25, -0.2) is 0 Å². The third-order valence-corrected chi connectivity index (χ3v) is 3.64. The summed E-state index contributed by atoms with van der Waals surface area (Å²) in [6.45, 7) is 0. The molecule has 3 N–H and O–H groups in total. The summed E-state index contributed by atoms with van der Waals surface area (Å²) < 4.78 is 0. The number of benzene rings is 1. The summed E-state index contributed by atoms with van der Waals surface area (Å²) in [5.74, 6) is 0.753. The summed E-state index contributed by atoms with van der Waals surface area (Å²) in [4.78, 5) is 0. The SMILES string of the molecule is N[C@H]1C[C@@H](N[C@H]2C[C@@H]2c2ccccc2)C1. The third kappa shape index (κ3) is 1.92. The molecule has 0 aromatic heterocycles. The summed E-state index contributed by atoms with van der Waals surface area (Å²) >= 11 is 0. The van der Waals surface area contributed by atoms with E-state index in [1.807, 2.05) is 0 Å². The van der Waals surface area contributed by atoms with Gasteiger partial charge in [-0.1, -0.05) is 30.3 Å². The highest BCUT2D eigenvalue weighted by atomic mass is 15.0. The fraction of sp³-hybridized carbons (Fsp3) is 0.538. The fourth-order valence-corrected chi connectivity index (χ4v) is 2.55. The Morgan fingerprint density at radius 2 is 1.80 bits per heavy atom. The zero-order chi connectivity index (χ0) is 10.3. The summed E-state index contributed by atoms with van der Waals surface area (Å²) in [5.41, 5.74) is 7.26. The van der Waals surface area contributed by atoms with Crippen LogP contribution < -0.4 is 11.1 Å². The lowest BCUT2D eigenvalue weighted by Crippen LogP contribution is -2.49. The summed E-state index contributed by atoms with van der Waals surface area (Å²) in [6, 6.07) is 12.7. The largest absolute Gasteiger partial charge is 0.328 e. The lowest BCUT2D eigenvalue weighted by molar-refractivity contribution is 0.289. The van der Waals surface area contributed by atoms with Crippen LogP contribution >= 0.6 is 0 Å². The summed E-state index contributed by atoms with van der Waals surface area (Å²) in [6.07, 6.45) is 3.63. The second kappa shape index (κ2) is 3.62. The van der Waals surface area contributed by atoms with E-state index >= 15 is 0 Å². The second-order valence-electron chi connectivity index (χ2n) is 4.95. The van der Waals surface area contributed by atoms with Crippen LogP contribution in [0.25, 0.3) is 0 Å². The molecule has 0 spiro atoms. The maximum absolute atomic E-state index is 5.77. The molecule has 1 aromatic rings. The zero-order valence-electron chi connectivity index (χ0n) is 8.89. The van der Waals surface area contributed by atoms with Crippen molar-refractivity contribution < 1.29 is 0 Å². The Bertz CT molecular complexity index is 330. The minimum atomic E-state index is 0.455. The van der Waals surface area contributed by atoms with E-state index in [1.165, 1.54) is 12.0 Å². The van der Waals surface area contributed by atoms with Crippen molar-refractivity contribution >= 4 is 0 Å². The first kappa shape index (κ1) is 9.37. The Hall–Kier alpha value is -0.860. The quantitative estimate of drug-likeness (QED) is 0.781. The molecule has 2 fully saturated rings. The maximum atomic E-state index is 5.77. The monoisotopic (exact) mass is 202 g/mol. The minimum absolute atomic E-state index is 0.455. The topological polar surface area (TPSA) is 38.0 Å². The van der Waals surface area contributed by atoms with Crippen molar-refractivity contribution in [2.24, 2.45) is 5.73 Å². The van der Waals surface area contributed by atoms with Gasteiger partial charge in [0.2, 0.25) is 0 Å². The average molecular weight is 202 g/mol. The van der Waals surface area contributed by atoms with E-state index in [4.69, 9.17) is 5.73 Å². The molecule has 2 atom stereocenters. The summed E-state index contributed by atoms with van der Waals surface area (Å²) in [7, 11) is 0. The number of rotatable bonds is 3. The Labute approximate surface area is 90.9 Å². The van der Waals surface area contributed by atoms with Gasteiger partial charge >= 0.3 is 0 Å². The van der Waals surface area contributed by atoms with Crippen LogP contribution in [-0.4, -0.2) is 18.1 Å². The Balaban J connectivity index is 1.52. The van der Waals surface area contributed by atoms with Crippen molar-refractivity contribution in [3.05, 3.63) is 35.9 Å². The Morgan fingerprint density at radius 1 is 1.07 bits per heavy atom. The average Bonchev–Trinajstić information content (AvgIpc) is 2.96. The lowest BCUT2D eigenvalue weighted by Gasteiger charge is -2.33. The van der Waals surface area contributed by atoms with E-state index in [9.17, 15) is 0 Å². The van der Waals surface area contributed by atoms with Gasteiger partial charge in [-0.3, -0.25) is 0 Å². The Morgan fingerprint density at radius 3 is 2.47 bits per heavy atom. The molecular weight excluding hydrogens is 184 g/mol. The van der Waals surface area contributed by atoms with Gasteiger partial charge in [-0.05, 0) is 24.8 Å². The molecule has 2 aliphatic carbocycles. The van der Waals surface area contributed by atoms with Crippen LogP contribution in [0.5, 0.6) is 0 Å². The van der Waals surface area contributed by atoms with Crippen molar-refractivity contribution in [2.75, 3.05) is 0 Å². The van der Waals surface area contributed by atoms with Crippen LogP contribution in [0.1, 0.15) is 30.7 Å². The van der Waals surface area contributed by atoms with Crippen LogP contribution in [0.4, 0.5) is 0 Å². The number of hydrogen-bond donors (Lipinski definition) is 2. The molecule has 0 unspecified atom stereocenters. The van der Waals surface area contributed by atoms with Gasteiger partial charge in [0, 0.05) is 24.0 Å². The molecule has 2 nitrogen and oxygen atoms in total. The third-order valence-electron chi connectivity index (χ3n) is 3.64. The molecule has 0 amide bonds. The second-order valence-corrected chi connectivity index (χ2v) is 4.95. The molecule has 2 heteroatoms. The maximum Gasteiger partial charge on any atom is 0.0145 e. The van der Waals surface area contributed by atoms with E-state index in [0.29, 0.717) is 18.1 Å². The van der Waals surface area contributed by atoms with Gasteiger partial charge < -0.3 is 11.1 Å². The molecule has 1 aromatic carbocycles. The highest BCUT2D eigenvalue weighted by molar-refractivity contribution is 5.27. The number of nitrogens with one attached hydrogen (secondary N) is 1. The molecule has 15 heavy (non-hydrogen) atoms. The van der Waals surface area contributed by atoms with Crippen molar-refractivity contribution in [2.45, 2.75) is 43.3 Å². The van der Waals surface area contributed by atoms with Crippen molar-refractivity contribution in [1.82, 2.24) is 5.32 Å². The minimum Gasteiger partial charge on any atom is -0.328 e. The van der Waals surface area contributed by atoms with E-state index < -0.39 is 0 Å². The van der Waals surface area contributed by atoms with Crippen molar-refractivity contribution in [1.29, 1.82) is 0 Å². The highest BCUT2D eigenvalue weighted by Gasteiger charge is 2.41. The molecule has 0 aliphatic heterocycles. The van der Waals surface area contributed by atoms with Crippen LogP contribution in [-0.2, 0) is 0 Å². The first-order chi connectivity index (χ1) is 7.33. The Kier molecular flexibility index (Phi) is 2.26. The van der Waals surface area contributed by atoms with Crippen LogP contribution in [0.3, 0.4) is 0 Å². The molecule has 80 valence electrons. The van der Waals surface area contributed by atoms with E-state index in [-0.39, 0.29) is 0 Å². The standard InChI is InChI=1S/C13H18N2/c14-10-6-11(7-10)15-13-8-12(13)9-4-2-1-3-5-9/h1-5,10-13,15H,6-8,14H2/t10-,11+,12-,13+/m1/s1. The first-order valence-corrected chi connectivity index (χ1v) is 5.89. The van der Waals surface area contributed by atoms with Gasteiger partial charge in [0.1, 0.15) is 0 Å². The number of hydrogen-bond acceptors (Lipinski definition) is 2. The predicted molar refractivity (Wildman–Crippen MR) is 61.7 cm³/mol. The zero-order valence-corrected chi connectivity index (χ0v) is 8.89. The van der Waals surface area contributed by atoms with E-state index in [0.717, 1.165) is 18.8 Å². The molecule has 0 saturated heterocycles. The fourth-order valence-electron chi connectivity index (χ4n) is 2.55. The van der Waals surface area contributed by atoms with Crippen LogP contribution in [0, 0.1) is 0 Å². The van der Waals surface area contributed by atoms with Crippen LogP contribution in [0.2, 0.25) is 0 Å². The normalized spacial score (nSPS) is 38.5. The molecule has 2 aliphatic rings. The molecule has 3 rings (SSSR count). The first-order valence-electron chi connectivity index (χ1n) is 5.89. The number of nitrogens with two attached hydrogens (primary N) is 1. The molecule has 0 bridgehead atoms. The van der Waals surface area contributed by atoms with Gasteiger partial charge in [0.05, 0.1) is 0 Å². The van der Waals surface area contributed by atoms with Gasteiger partial charge in [-0.15, -0.1) is 0 Å². The van der Waals surface area contributed by atoms with Gasteiger partial charge in [0.25, 0.3) is 0 Å². The van der Waals surface area contributed by atoms with Crippen molar-refractivity contribution in [3.8, 4) is 0 Å². The molecule has 2 saturated carbocycles. The summed E-state index contributed by atoms with van der Waals surface area (Å²) in [5, 5.41) is 3.69.